The Morgan fingerprint density at radius 1 is 1.29 bits per heavy atom. The molecule has 1 heterocycles. The third kappa shape index (κ3) is 2.87. The summed E-state index contributed by atoms with van der Waals surface area (Å²) in [6, 6.07) is 5.30. The number of rotatable bonds is 3. The summed E-state index contributed by atoms with van der Waals surface area (Å²) < 4.78 is 29.7. The Labute approximate surface area is 103 Å². The summed E-state index contributed by atoms with van der Waals surface area (Å²) in [6.45, 7) is 4.60. The molecule has 1 atom stereocenters. The van der Waals surface area contributed by atoms with Crippen LogP contribution in [0.3, 0.4) is 0 Å². The van der Waals surface area contributed by atoms with E-state index in [1.165, 1.54) is 0 Å². The zero-order chi connectivity index (χ0) is 12.5. The van der Waals surface area contributed by atoms with E-state index in [1.807, 2.05) is 19.9 Å². The highest BCUT2D eigenvalue weighted by Gasteiger charge is 2.24. The Bertz CT molecular complexity index is 499. The van der Waals surface area contributed by atoms with Crippen molar-refractivity contribution < 1.29 is 13.2 Å². The molecule has 1 aliphatic rings. The highest BCUT2D eigenvalue weighted by atomic mass is 32.2. The second-order valence-electron chi connectivity index (χ2n) is 4.66. The lowest BCUT2D eigenvalue weighted by molar-refractivity contribution is 0.127. The average molecular weight is 254 g/mol. The fourth-order valence-corrected chi connectivity index (χ4v) is 3.60. The normalized spacial score (nSPS) is 20.7. The molecule has 1 aromatic carbocycles. The van der Waals surface area contributed by atoms with Crippen LogP contribution < -0.4 is 0 Å². The maximum atomic E-state index is 12.2. The minimum atomic E-state index is -3.21. The first kappa shape index (κ1) is 12.6. The van der Waals surface area contributed by atoms with Crippen LogP contribution in [0.1, 0.15) is 24.0 Å². The summed E-state index contributed by atoms with van der Waals surface area (Å²) in [4.78, 5) is 0.413. The number of hydrogen-bond acceptors (Lipinski definition) is 3. The average Bonchev–Trinajstić information content (AvgIpc) is 2.73. The molecule has 0 saturated carbocycles. The minimum absolute atomic E-state index is 0.107. The zero-order valence-electron chi connectivity index (χ0n) is 10.3. The van der Waals surface area contributed by atoms with Gasteiger partial charge in [-0.3, -0.25) is 0 Å². The predicted octanol–water partition coefficient (Wildman–Crippen LogP) is 2.26. The van der Waals surface area contributed by atoms with Gasteiger partial charge in [-0.2, -0.15) is 0 Å². The van der Waals surface area contributed by atoms with Crippen LogP contribution >= 0.6 is 0 Å². The van der Waals surface area contributed by atoms with Crippen LogP contribution in [0.15, 0.2) is 23.1 Å². The first-order valence-corrected chi connectivity index (χ1v) is 7.56. The lowest BCUT2D eigenvalue weighted by Gasteiger charge is -2.11. The molecule has 1 fully saturated rings. The molecule has 17 heavy (non-hydrogen) atoms. The number of hydrogen-bond donors (Lipinski definition) is 0. The molecule has 4 heteroatoms. The molecule has 0 unspecified atom stereocenters. The molecule has 2 rings (SSSR count). The van der Waals surface area contributed by atoms with Crippen molar-refractivity contribution in [3.8, 4) is 0 Å². The van der Waals surface area contributed by atoms with Crippen molar-refractivity contribution in [1.29, 1.82) is 0 Å². The van der Waals surface area contributed by atoms with Crippen molar-refractivity contribution in [2.45, 2.75) is 37.7 Å². The highest BCUT2D eigenvalue weighted by Crippen LogP contribution is 2.20. The third-order valence-corrected chi connectivity index (χ3v) is 5.05. The molecule has 1 aromatic rings. The van der Waals surface area contributed by atoms with Crippen LogP contribution in [-0.4, -0.2) is 26.9 Å². The van der Waals surface area contributed by atoms with Gasteiger partial charge >= 0.3 is 0 Å². The standard InChI is InChI=1S/C13H18O3S/c1-10-5-6-13(8-11(10)2)17(14,15)9-12-4-3-7-16-12/h5-6,8,12H,3-4,7,9H2,1-2H3/t12-/m1/s1. The molecule has 3 nitrogen and oxygen atoms in total. The third-order valence-electron chi connectivity index (χ3n) is 3.27. The van der Waals surface area contributed by atoms with E-state index in [2.05, 4.69) is 0 Å². The van der Waals surface area contributed by atoms with Crippen LogP contribution in [-0.2, 0) is 14.6 Å². The van der Waals surface area contributed by atoms with Crippen molar-refractivity contribution >= 4 is 9.84 Å². The zero-order valence-corrected chi connectivity index (χ0v) is 11.1. The monoisotopic (exact) mass is 254 g/mol. The van der Waals surface area contributed by atoms with E-state index in [-0.39, 0.29) is 11.9 Å². The van der Waals surface area contributed by atoms with Gasteiger partial charge in [0.15, 0.2) is 9.84 Å². The molecular formula is C13H18O3S. The number of sulfone groups is 1. The minimum Gasteiger partial charge on any atom is -0.377 e. The maximum Gasteiger partial charge on any atom is 0.180 e. The number of benzene rings is 1. The Morgan fingerprint density at radius 2 is 2.06 bits per heavy atom. The summed E-state index contributed by atoms with van der Waals surface area (Å²) >= 11 is 0. The van der Waals surface area contributed by atoms with E-state index >= 15 is 0 Å². The molecule has 0 aliphatic carbocycles. The van der Waals surface area contributed by atoms with Crippen molar-refractivity contribution in [1.82, 2.24) is 0 Å². The van der Waals surface area contributed by atoms with Crippen molar-refractivity contribution in [3.63, 3.8) is 0 Å². The van der Waals surface area contributed by atoms with Crippen molar-refractivity contribution in [2.75, 3.05) is 12.4 Å². The predicted molar refractivity (Wildman–Crippen MR) is 66.9 cm³/mol. The van der Waals surface area contributed by atoms with Crippen molar-refractivity contribution in [3.05, 3.63) is 29.3 Å². The lowest BCUT2D eigenvalue weighted by Crippen LogP contribution is -2.20. The van der Waals surface area contributed by atoms with Gasteiger partial charge < -0.3 is 4.74 Å². The molecule has 1 aliphatic heterocycles. The summed E-state index contributed by atoms with van der Waals surface area (Å²) in [5.41, 5.74) is 2.12. The SMILES string of the molecule is Cc1ccc(S(=O)(=O)C[C@H]2CCCO2)cc1C. The largest absolute Gasteiger partial charge is 0.377 e. The fourth-order valence-electron chi connectivity index (χ4n) is 2.02. The Balaban J connectivity index is 2.21. The van der Waals surface area contributed by atoms with Crippen LogP contribution in [0.2, 0.25) is 0 Å². The quantitative estimate of drug-likeness (QED) is 0.831. The van der Waals surface area contributed by atoms with Crippen LogP contribution in [0.25, 0.3) is 0 Å². The second-order valence-corrected chi connectivity index (χ2v) is 6.70. The van der Waals surface area contributed by atoms with Gasteiger partial charge in [-0.15, -0.1) is 0 Å². The Hall–Kier alpha value is -0.870. The van der Waals surface area contributed by atoms with E-state index in [4.69, 9.17) is 4.74 Å². The Morgan fingerprint density at radius 3 is 2.65 bits per heavy atom. The van der Waals surface area contributed by atoms with Gasteiger partial charge in [0.05, 0.1) is 16.8 Å². The smallest absolute Gasteiger partial charge is 0.180 e. The molecule has 0 spiro atoms. The van der Waals surface area contributed by atoms with Gasteiger partial charge in [-0.25, -0.2) is 8.42 Å². The molecule has 1 saturated heterocycles. The van der Waals surface area contributed by atoms with Crippen LogP contribution in [0, 0.1) is 13.8 Å². The van der Waals surface area contributed by atoms with E-state index in [0.29, 0.717) is 11.5 Å². The Kier molecular flexibility index (Phi) is 3.54. The highest BCUT2D eigenvalue weighted by molar-refractivity contribution is 7.91. The maximum absolute atomic E-state index is 12.2. The van der Waals surface area contributed by atoms with E-state index in [9.17, 15) is 8.42 Å². The first-order valence-electron chi connectivity index (χ1n) is 5.91. The lowest BCUT2D eigenvalue weighted by atomic mass is 10.1. The molecule has 0 bridgehead atoms. The molecule has 0 amide bonds. The van der Waals surface area contributed by atoms with Gasteiger partial charge in [0.1, 0.15) is 0 Å². The van der Waals surface area contributed by atoms with E-state index < -0.39 is 9.84 Å². The van der Waals surface area contributed by atoms with Crippen molar-refractivity contribution in [2.24, 2.45) is 0 Å². The molecule has 94 valence electrons. The van der Waals surface area contributed by atoms with Gasteiger partial charge in [-0.05, 0) is 49.9 Å². The molecule has 0 radical (unpaired) electrons. The van der Waals surface area contributed by atoms with Gasteiger partial charge in [0.25, 0.3) is 0 Å². The van der Waals surface area contributed by atoms with Crippen LogP contribution in [0.5, 0.6) is 0 Å². The van der Waals surface area contributed by atoms with Gasteiger partial charge in [0.2, 0.25) is 0 Å². The molecule has 0 aromatic heterocycles. The second kappa shape index (κ2) is 4.78. The fraction of sp³-hybridized carbons (Fsp3) is 0.538. The first-order chi connectivity index (χ1) is 7.99. The van der Waals surface area contributed by atoms with E-state index in [0.717, 1.165) is 24.0 Å². The summed E-state index contributed by atoms with van der Waals surface area (Å²) in [6.07, 6.45) is 1.69. The van der Waals surface area contributed by atoms with Gasteiger partial charge in [-0.1, -0.05) is 6.07 Å². The van der Waals surface area contributed by atoms with E-state index in [1.54, 1.807) is 12.1 Å². The molecular weight excluding hydrogens is 236 g/mol. The number of aryl methyl sites for hydroxylation is 2. The van der Waals surface area contributed by atoms with Gasteiger partial charge in [0, 0.05) is 6.61 Å². The summed E-state index contributed by atoms with van der Waals surface area (Å²) in [5, 5.41) is 0. The topological polar surface area (TPSA) is 43.4 Å². The summed E-state index contributed by atoms with van der Waals surface area (Å²) in [7, 11) is -3.21. The summed E-state index contributed by atoms with van der Waals surface area (Å²) in [5.74, 6) is 0.107. The van der Waals surface area contributed by atoms with Crippen LogP contribution in [0.4, 0.5) is 0 Å². The number of ether oxygens (including phenoxy) is 1. The molecule has 0 N–H and O–H groups in total.